The molecule has 2 atom stereocenters. The lowest BCUT2D eigenvalue weighted by atomic mass is 10.1. The summed E-state index contributed by atoms with van der Waals surface area (Å²) in [5.74, 6) is 0.780. The van der Waals surface area contributed by atoms with E-state index < -0.39 is 4.92 Å². The van der Waals surface area contributed by atoms with Crippen molar-refractivity contribution >= 4 is 17.3 Å². The van der Waals surface area contributed by atoms with Crippen molar-refractivity contribution in [3.63, 3.8) is 0 Å². The fourth-order valence-electron chi connectivity index (χ4n) is 2.46. The summed E-state index contributed by atoms with van der Waals surface area (Å²) >= 11 is 5.78. The molecular weight excluding hydrogens is 252 g/mol. The van der Waals surface area contributed by atoms with Crippen molar-refractivity contribution < 1.29 is 4.92 Å². The third-order valence-electron chi connectivity index (χ3n) is 3.50. The van der Waals surface area contributed by atoms with Crippen molar-refractivity contribution in [1.29, 1.82) is 0 Å². The third-order valence-corrected chi connectivity index (χ3v) is 3.82. The Balaban J connectivity index is 1.97. The van der Waals surface area contributed by atoms with Crippen LogP contribution >= 0.6 is 11.6 Å². The average Bonchev–Trinajstić information content (AvgIpc) is 2.74. The first-order chi connectivity index (χ1) is 8.56. The maximum atomic E-state index is 10.8. The molecule has 0 saturated heterocycles. The molecule has 0 spiro atoms. The summed E-state index contributed by atoms with van der Waals surface area (Å²) < 4.78 is 0. The average molecular weight is 269 g/mol. The lowest BCUT2D eigenvalue weighted by Gasteiger charge is -2.12. The van der Waals surface area contributed by atoms with Crippen LogP contribution in [0.5, 0.6) is 0 Å². The number of nitro benzene ring substituents is 1. The fourth-order valence-corrected chi connectivity index (χ4v) is 2.65. The Bertz CT molecular complexity index is 451. The summed E-state index contributed by atoms with van der Waals surface area (Å²) in [6.07, 6.45) is 3.64. The van der Waals surface area contributed by atoms with Crippen LogP contribution < -0.4 is 5.32 Å². The zero-order chi connectivity index (χ0) is 13.1. The van der Waals surface area contributed by atoms with Gasteiger partial charge in [0.1, 0.15) is 5.02 Å². The molecule has 0 aliphatic heterocycles. The lowest BCUT2D eigenvalue weighted by molar-refractivity contribution is -0.384. The smallest absolute Gasteiger partial charge is 0.288 e. The van der Waals surface area contributed by atoms with Gasteiger partial charge in [-0.1, -0.05) is 24.6 Å². The van der Waals surface area contributed by atoms with Gasteiger partial charge >= 0.3 is 0 Å². The molecule has 2 rings (SSSR count). The van der Waals surface area contributed by atoms with E-state index in [0.717, 1.165) is 11.5 Å². The summed E-state index contributed by atoms with van der Waals surface area (Å²) in [4.78, 5) is 10.3. The molecule has 1 aromatic rings. The molecule has 1 fully saturated rings. The van der Waals surface area contributed by atoms with Gasteiger partial charge in [-0.15, -0.1) is 0 Å². The quantitative estimate of drug-likeness (QED) is 0.671. The van der Waals surface area contributed by atoms with Crippen molar-refractivity contribution in [3.05, 3.63) is 38.9 Å². The number of nitrogens with one attached hydrogen (secondary N) is 1. The van der Waals surface area contributed by atoms with Crippen molar-refractivity contribution in [1.82, 2.24) is 5.32 Å². The first-order valence-electron chi connectivity index (χ1n) is 6.22. The van der Waals surface area contributed by atoms with Gasteiger partial charge in [-0.3, -0.25) is 10.1 Å². The third kappa shape index (κ3) is 3.21. The number of benzene rings is 1. The van der Waals surface area contributed by atoms with Crippen LogP contribution in [-0.4, -0.2) is 11.0 Å². The van der Waals surface area contributed by atoms with E-state index in [-0.39, 0.29) is 10.7 Å². The molecule has 1 aliphatic rings. The van der Waals surface area contributed by atoms with Crippen LogP contribution in [0.2, 0.25) is 5.02 Å². The molecule has 5 heteroatoms. The Morgan fingerprint density at radius 2 is 2.28 bits per heavy atom. The van der Waals surface area contributed by atoms with E-state index in [2.05, 4.69) is 12.2 Å². The molecule has 98 valence electrons. The van der Waals surface area contributed by atoms with Crippen LogP contribution in [0.15, 0.2) is 18.2 Å². The van der Waals surface area contributed by atoms with E-state index in [0.29, 0.717) is 12.6 Å². The highest BCUT2D eigenvalue weighted by atomic mass is 35.5. The highest BCUT2D eigenvalue weighted by Gasteiger charge is 2.20. The molecule has 1 N–H and O–H groups in total. The van der Waals surface area contributed by atoms with Gasteiger partial charge in [-0.25, -0.2) is 0 Å². The van der Waals surface area contributed by atoms with E-state index >= 15 is 0 Å². The van der Waals surface area contributed by atoms with E-state index in [4.69, 9.17) is 11.6 Å². The van der Waals surface area contributed by atoms with Crippen LogP contribution in [-0.2, 0) is 6.54 Å². The topological polar surface area (TPSA) is 55.2 Å². The summed E-state index contributed by atoms with van der Waals surface area (Å²) in [6.45, 7) is 2.92. The second kappa shape index (κ2) is 5.67. The van der Waals surface area contributed by atoms with Crippen LogP contribution in [0, 0.1) is 16.0 Å². The van der Waals surface area contributed by atoms with E-state index in [9.17, 15) is 10.1 Å². The van der Waals surface area contributed by atoms with Gasteiger partial charge in [0.15, 0.2) is 0 Å². The van der Waals surface area contributed by atoms with Gasteiger partial charge in [0.25, 0.3) is 5.69 Å². The molecule has 2 unspecified atom stereocenters. The molecule has 18 heavy (non-hydrogen) atoms. The number of hydrogen-bond donors (Lipinski definition) is 1. The van der Waals surface area contributed by atoms with Crippen LogP contribution in [0.3, 0.4) is 0 Å². The minimum absolute atomic E-state index is 0.0178. The molecule has 1 aliphatic carbocycles. The number of nitro groups is 1. The zero-order valence-corrected chi connectivity index (χ0v) is 11.1. The maximum absolute atomic E-state index is 10.8. The molecular formula is C13H17ClN2O2. The predicted molar refractivity (Wildman–Crippen MR) is 71.7 cm³/mol. The van der Waals surface area contributed by atoms with Gasteiger partial charge in [-0.05, 0) is 36.8 Å². The minimum atomic E-state index is -0.441. The van der Waals surface area contributed by atoms with Gasteiger partial charge < -0.3 is 5.32 Å². The molecule has 1 aromatic carbocycles. The Morgan fingerprint density at radius 3 is 2.89 bits per heavy atom. The number of hydrogen-bond acceptors (Lipinski definition) is 3. The Hall–Kier alpha value is -1.13. The van der Waals surface area contributed by atoms with E-state index in [1.807, 2.05) is 6.07 Å². The summed E-state index contributed by atoms with van der Waals surface area (Å²) in [7, 11) is 0. The van der Waals surface area contributed by atoms with Crippen LogP contribution in [0.25, 0.3) is 0 Å². The molecule has 0 amide bonds. The normalized spacial score (nSPS) is 23.2. The number of halogens is 1. The van der Waals surface area contributed by atoms with Crippen LogP contribution in [0.4, 0.5) is 5.69 Å². The molecule has 0 aromatic heterocycles. The van der Waals surface area contributed by atoms with Crippen molar-refractivity contribution in [2.24, 2.45) is 5.92 Å². The fraction of sp³-hybridized carbons (Fsp3) is 0.538. The molecule has 0 bridgehead atoms. The van der Waals surface area contributed by atoms with E-state index in [1.165, 1.54) is 19.3 Å². The molecule has 4 nitrogen and oxygen atoms in total. The second-order valence-corrected chi connectivity index (χ2v) is 5.45. The molecule has 1 saturated carbocycles. The number of rotatable bonds is 4. The first kappa shape index (κ1) is 13.3. The predicted octanol–water partition coefficient (Wildman–Crippen LogP) is 3.53. The van der Waals surface area contributed by atoms with Crippen molar-refractivity contribution in [2.75, 3.05) is 0 Å². The van der Waals surface area contributed by atoms with Gasteiger partial charge in [0.05, 0.1) is 4.92 Å². The number of nitrogens with zero attached hydrogens (tertiary/aromatic N) is 1. The largest absolute Gasteiger partial charge is 0.310 e. The Kier molecular flexibility index (Phi) is 4.19. The van der Waals surface area contributed by atoms with Crippen LogP contribution in [0.1, 0.15) is 31.7 Å². The van der Waals surface area contributed by atoms with Gasteiger partial charge in [0, 0.05) is 18.7 Å². The van der Waals surface area contributed by atoms with Crippen molar-refractivity contribution in [2.45, 2.75) is 38.8 Å². The summed E-state index contributed by atoms with van der Waals surface area (Å²) in [5, 5.41) is 14.4. The monoisotopic (exact) mass is 268 g/mol. The highest BCUT2D eigenvalue weighted by Crippen LogP contribution is 2.27. The molecule has 0 radical (unpaired) electrons. The summed E-state index contributed by atoms with van der Waals surface area (Å²) in [5.41, 5.74) is 0.890. The second-order valence-electron chi connectivity index (χ2n) is 5.04. The minimum Gasteiger partial charge on any atom is -0.310 e. The first-order valence-corrected chi connectivity index (χ1v) is 6.60. The highest BCUT2D eigenvalue weighted by molar-refractivity contribution is 6.32. The van der Waals surface area contributed by atoms with Gasteiger partial charge in [0.2, 0.25) is 0 Å². The SMILES string of the molecule is CC1CCC(NCc2ccc(Cl)c([N+](=O)[O-])c2)C1. The van der Waals surface area contributed by atoms with Crippen molar-refractivity contribution in [3.8, 4) is 0 Å². The Morgan fingerprint density at radius 1 is 1.50 bits per heavy atom. The van der Waals surface area contributed by atoms with Gasteiger partial charge in [-0.2, -0.15) is 0 Å². The lowest BCUT2D eigenvalue weighted by Crippen LogP contribution is -2.25. The molecule has 0 heterocycles. The maximum Gasteiger partial charge on any atom is 0.288 e. The standard InChI is InChI=1S/C13H17ClN2O2/c1-9-2-4-11(6-9)15-8-10-3-5-12(14)13(7-10)16(17)18/h3,5,7,9,11,15H,2,4,6,8H2,1H3. The Labute approximate surface area is 111 Å². The zero-order valence-electron chi connectivity index (χ0n) is 10.4. The van der Waals surface area contributed by atoms with E-state index in [1.54, 1.807) is 12.1 Å². The summed E-state index contributed by atoms with van der Waals surface area (Å²) in [6, 6.07) is 5.51.